The number of halogens is 4. The highest BCUT2D eigenvalue weighted by molar-refractivity contribution is 7.95. The first-order chi connectivity index (χ1) is 19.4. The quantitative estimate of drug-likeness (QED) is 0.202. The van der Waals surface area contributed by atoms with E-state index < -0.39 is 57.0 Å². The fourth-order valence-corrected chi connectivity index (χ4v) is 4.10. The van der Waals surface area contributed by atoms with Crippen LogP contribution >= 0.6 is 12.0 Å². The van der Waals surface area contributed by atoms with Gasteiger partial charge in [-0.15, -0.1) is 0 Å². The van der Waals surface area contributed by atoms with Crippen molar-refractivity contribution < 1.29 is 26.5 Å². The molecule has 4 rings (SSSR count). The molecule has 0 aliphatic rings. The van der Waals surface area contributed by atoms with Crippen LogP contribution in [0.5, 0.6) is 11.5 Å². The van der Waals surface area contributed by atoms with Crippen LogP contribution in [0.1, 0.15) is 38.8 Å². The minimum atomic E-state index is -4.85. The largest absolute Gasteiger partial charge is 0.497 e. The van der Waals surface area contributed by atoms with Crippen LogP contribution in [0.15, 0.2) is 62.9 Å². The Morgan fingerprint density at radius 1 is 0.927 bits per heavy atom. The Labute approximate surface area is 238 Å². The SMILES string of the molecule is CC.CC.COc1ccc(Cn2c(=O)c3c(OSC(F)(F)F)cc(=O)n(C)c3n(-c3ccc(C)cc3F)c2=O)cc1. The third kappa shape index (κ3) is 7.40. The van der Waals surface area contributed by atoms with E-state index in [1.54, 1.807) is 31.2 Å². The maximum Gasteiger partial charge on any atom is 0.479 e. The van der Waals surface area contributed by atoms with Crippen LogP contribution in [0.4, 0.5) is 17.6 Å². The third-order valence-corrected chi connectivity index (χ3v) is 5.99. The highest BCUT2D eigenvalue weighted by Gasteiger charge is 2.33. The molecule has 0 saturated heterocycles. The molecular formula is C28H31F4N3O5S. The molecule has 0 radical (unpaired) electrons. The first kappa shape index (κ1) is 33.2. The standard InChI is InChI=1S/C24H19F4N3O5S.2C2H6/c1-13-4-9-17(16(25)10-13)31-21-20(18(11-19(32)29(21)2)36-37-24(26,27)28)22(33)30(23(31)34)12-14-5-7-15(35-3)8-6-14;2*1-2/h4-11H,12H2,1-3H3;2*1-2H3. The second-order valence-electron chi connectivity index (χ2n) is 8.03. The number of alkyl halides is 3. The summed E-state index contributed by atoms with van der Waals surface area (Å²) in [6.07, 6.45) is 0. The van der Waals surface area contributed by atoms with Crippen LogP contribution in [0.25, 0.3) is 16.7 Å². The van der Waals surface area contributed by atoms with E-state index in [9.17, 15) is 27.6 Å². The van der Waals surface area contributed by atoms with E-state index in [-0.39, 0.29) is 12.2 Å². The summed E-state index contributed by atoms with van der Waals surface area (Å²) in [6.45, 7) is 9.31. The van der Waals surface area contributed by atoms with Crippen molar-refractivity contribution in [2.45, 2.75) is 46.7 Å². The summed E-state index contributed by atoms with van der Waals surface area (Å²) in [5.74, 6) is -1.04. The zero-order valence-corrected chi connectivity index (χ0v) is 24.4. The van der Waals surface area contributed by atoms with E-state index in [0.29, 0.717) is 22.9 Å². The molecule has 2 aromatic carbocycles. The molecule has 0 unspecified atom stereocenters. The molecule has 4 aromatic rings. The van der Waals surface area contributed by atoms with Crippen molar-refractivity contribution in [2.75, 3.05) is 7.11 Å². The normalized spacial score (nSPS) is 10.8. The second kappa shape index (κ2) is 14.1. The summed E-state index contributed by atoms with van der Waals surface area (Å²) in [7, 11) is 2.67. The van der Waals surface area contributed by atoms with Gasteiger partial charge in [-0.2, -0.15) is 13.2 Å². The lowest BCUT2D eigenvalue weighted by Crippen LogP contribution is -2.42. The van der Waals surface area contributed by atoms with Crippen molar-refractivity contribution in [3.05, 3.63) is 96.7 Å². The zero-order valence-electron chi connectivity index (χ0n) is 23.6. The number of nitrogens with zero attached hydrogens (tertiary/aromatic N) is 3. The molecule has 0 aliphatic carbocycles. The zero-order chi connectivity index (χ0) is 31.1. The molecule has 13 heteroatoms. The van der Waals surface area contributed by atoms with Gasteiger partial charge in [0.2, 0.25) is 0 Å². The first-order valence-electron chi connectivity index (χ1n) is 12.6. The molecule has 2 heterocycles. The van der Waals surface area contributed by atoms with Gasteiger partial charge in [0.25, 0.3) is 11.1 Å². The number of aromatic nitrogens is 3. The number of rotatable bonds is 6. The molecule has 0 fully saturated rings. The second-order valence-corrected chi connectivity index (χ2v) is 8.83. The van der Waals surface area contributed by atoms with Crippen LogP contribution in [0.2, 0.25) is 0 Å². The fourth-order valence-electron chi connectivity index (χ4n) is 3.78. The summed E-state index contributed by atoms with van der Waals surface area (Å²) in [5.41, 5.74) is -7.48. The molecule has 2 aromatic heterocycles. The number of ether oxygens (including phenoxy) is 1. The molecule has 0 saturated carbocycles. The summed E-state index contributed by atoms with van der Waals surface area (Å²) in [4.78, 5) is 39.8. The fraction of sp³-hybridized carbons (Fsp3) is 0.321. The van der Waals surface area contributed by atoms with Crippen LogP contribution in [-0.4, -0.2) is 26.3 Å². The van der Waals surface area contributed by atoms with Gasteiger partial charge in [0.15, 0.2) is 17.8 Å². The van der Waals surface area contributed by atoms with Crippen molar-refractivity contribution in [1.29, 1.82) is 0 Å². The molecule has 0 bridgehead atoms. The number of benzene rings is 2. The molecular weight excluding hydrogens is 566 g/mol. The Kier molecular flexibility index (Phi) is 11.4. The molecule has 41 heavy (non-hydrogen) atoms. The Morgan fingerprint density at radius 3 is 2.07 bits per heavy atom. The van der Waals surface area contributed by atoms with E-state index in [1.807, 2.05) is 27.7 Å². The smallest absolute Gasteiger partial charge is 0.479 e. The average Bonchev–Trinajstić information content (AvgIpc) is 2.95. The highest BCUT2D eigenvalue weighted by atomic mass is 32.2. The van der Waals surface area contributed by atoms with E-state index >= 15 is 4.39 Å². The van der Waals surface area contributed by atoms with E-state index in [2.05, 4.69) is 0 Å². The predicted octanol–water partition coefficient (Wildman–Crippen LogP) is 5.95. The lowest BCUT2D eigenvalue weighted by atomic mass is 10.2. The number of hydrogen-bond acceptors (Lipinski definition) is 6. The molecule has 0 amide bonds. The van der Waals surface area contributed by atoms with Gasteiger partial charge in [-0.25, -0.2) is 13.8 Å². The minimum absolute atomic E-state index is 0.306. The maximum absolute atomic E-state index is 15.1. The molecule has 0 atom stereocenters. The first-order valence-corrected chi connectivity index (χ1v) is 13.4. The Hall–Kier alpha value is -4.00. The van der Waals surface area contributed by atoms with Crippen LogP contribution in [0, 0.1) is 12.7 Å². The van der Waals surface area contributed by atoms with Gasteiger partial charge in [-0.3, -0.25) is 18.7 Å². The van der Waals surface area contributed by atoms with Gasteiger partial charge in [-0.05, 0) is 42.3 Å². The van der Waals surface area contributed by atoms with Gasteiger partial charge < -0.3 is 8.92 Å². The topological polar surface area (TPSA) is 84.5 Å². The Morgan fingerprint density at radius 2 is 1.54 bits per heavy atom. The number of fused-ring (bicyclic) bond motifs is 1. The highest BCUT2D eigenvalue weighted by Crippen LogP contribution is 2.34. The molecule has 222 valence electrons. The number of methoxy groups -OCH3 is 1. The molecule has 0 aliphatic heterocycles. The van der Waals surface area contributed by atoms with E-state index in [4.69, 9.17) is 8.92 Å². The van der Waals surface area contributed by atoms with Crippen LogP contribution in [0.3, 0.4) is 0 Å². The van der Waals surface area contributed by atoms with Crippen LogP contribution < -0.4 is 25.7 Å². The third-order valence-electron chi connectivity index (χ3n) is 5.54. The van der Waals surface area contributed by atoms with Gasteiger partial charge in [0.05, 0.1) is 19.3 Å². The van der Waals surface area contributed by atoms with Gasteiger partial charge >= 0.3 is 11.2 Å². The molecule has 0 spiro atoms. The van der Waals surface area contributed by atoms with Gasteiger partial charge in [0.1, 0.15) is 22.6 Å². The predicted molar refractivity (Wildman–Crippen MR) is 153 cm³/mol. The van der Waals surface area contributed by atoms with Gasteiger partial charge in [-0.1, -0.05) is 45.9 Å². The van der Waals surface area contributed by atoms with E-state index in [1.165, 1.54) is 26.3 Å². The summed E-state index contributed by atoms with van der Waals surface area (Å²) < 4.78 is 66.1. The van der Waals surface area contributed by atoms with Crippen LogP contribution in [-0.2, 0) is 13.6 Å². The maximum atomic E-state index is 15.1. The molecule has 0 N–H and O–H groups in total. The Bertz CT molecular complexity index is 1680. The number of hydrogen-bond donors (Lipinski definition) is 0. The molecule has 8 nitrogen and oxygen atoms in total. The number of aryl methyl sites for hydroxylation is 2. The van der Waals surface area contributed by atoms with E-state index in [0.717, 1.165) is 19.8 Å². The lowest BCUT2D eigenvalue weighted by molar-refractivity contribution is -0.0369. The summed E-state index contributed by atoms with van der Waals surface area (Å²) in [6, 6.07) is 11.0. The minimum Gasteiger partial charge on any atom is -0.497 e. The lowest BCUT2D eigenvalue weighted by Gasteiger charge is -2.19. The van der Waals surface area contributed by atoms with Crippen molar-refractivity contribution >= 4 is 23.1 Å². The number of pyridine rings is 1. The Balaban J connectivity index is 0.00000141. The monoisotopic (exact) mass is 597 g/mol. The van der Waals surface area contributed by atoms with Crippen molar-refractivity contribution in [1.82, 2.24) is 13.7 Å². The van der Waals surface area contributed by atoms with Crippen molar-refractivity contribution in [2.24, 2.45) is 7.05 Å². The average molecular weight is 598 g/mol. The van der Waals surface area contributed by atoms with Gasteiger partial charge in [0, 0.05) is 13.1 Å². The van der Waals surface area contributed by atoms with Crippen molar-refractivity contribution in [3.8, 4) is 17.2 Å². The summed E-state index contributed by atoms with van der Waals surface area (Å²) in [5, 5.41) is -0.507. The van der Waals surface area contributed by atoms with Crippen molar-refractivity contribution in [3.63, 3.8) is 0 Å². The summed E-state index contributed by atoms with van der Waals surface area (Å²) >= 11 is -0.922.